The summed E-state index contributed by atoms with van der Waals surface area (Å²) in [6.45, 7) is 0. The third-order valence-electron chi connectivity index (χ3n) is 4.55. The van der Waals surface area contributed by atoms with E-state index in [-0.39, 0.29) is 12.0 Å². The van der Waals surface area contributed by atoms with Crippen molar-refractivity contribution in [3.05, 3.63) is 39.1 Å². The van der Waals surface area contributed by atoms with E-state index >= 15 is 0 Å². The van der Waals surface area contributed by atoms with Gasteiger partial charge in [-0.1, -0.05) is 41.0 Å². The number of benzene rings is 1. The zero-order chi connectivity index (χ0) is 17.3. The van der Waals surface area contributed by atoms with Crippen molar-refractivity contribution in [2.75, 3.05) is 0 Å². The smallest absolute Gasteiger partial charge is 0.140 e. The molecule has 0 saturated heterocycles. The largest absolute Gasteiger partial charge is 0.383 e. The summed E-state index contributed by atoms with van der Waals surface area (Å²) in [5, 5.41) is 4.85. The van der Waals surface area contributed by atoms with Crippen LogP contribution in [-0.2, 0) is 0 Å². The summed E-state index contributed by atoms with van der Waals surface area (Å²) in [4.78, 5) is 5.30. The minimum atomic E-state index is -0.730. The van der Waals surface area contributed by atoms with Crippen molar-refractivity contribution in [2.24, 2.45) is 28.1 Å². The van der Waals surface area contributed by atoms with Crippen molar-refractivity contribution in [2.45, 2.75) is 42.3 Å². The number of rotatable bonds is 3. The highest BCUT2D eigenvalue weighted by Crippen LogP contribution is 2.39. The number of thioether (sulfide) groups is 1. The maximum absolute atomic E-state index is 6.51. The van der Waals surface area contributed by atoms with Crippen LogP contribution in [0.1, 0.15) is 25.7 Å². The van der Waals surface area contributed by atoms with Crippen LogP contribution in [0.4, 0.5) is 0 Å². The molecule has 5 nitrogen and oxygen atoms in total. The van der Waals surface area contributed by atoms with Gasteiger partial charge in [0, 0.05) is 23.1 Å². The SMILES string of the molecule is NC1=C(Sc2cccc(Cl)c2Cl)N=CC(N)(C2CCC(N)CC2)N1. The minimum Gasteiger partial charge on any atom is -0.383 e. The van der Waals surface area contributed by atoms with Gasteiger partial charge in [-0.15, -0.1) is 0 Å². The van der Waals surface area contributed by atoms with Crippen molar-refractivity contribution in [3.63, 3.8) is 0 Å². The molecule has 1 heterocycles. The molecule has 1 aromatic carbocycles. The molecule has 1 saturated carbocycles. The van der Waals surface area contributed by atoms with Gasteiger partial charge in [0.25, 0.3) is 0 Å². The number of halogens is 2. The maximum Gasteiger partial charge on any atom is 0.140 e. The molecule has 1 unspecified atom stereocenters. The predicted molar refractivity (Wildman–Crippen MR) is 102 cm³/mol. The lowest BCUT2D eigenvalue weighted by atomic mass is 9.78. The lowest BCUT2D eigenvalue weighted by molar-refractivity contribution is 0.227. The highest BCUT2D eigenvalue weighted by molar-refractivity contribution is 8.03. The summed E-state index contributed by atoms with van der Waals surface area (Å²) in [5.41, 5.74) is 17.9. The molecule has 1 fully saturated rings. The summed E-state index contributed by atoms with van der Waals surface area (Å²) in [5.74, 6) is 0.719. The van der Waals surface area contributed by atoms with E-state index in [4.69, 9.17) is 40.4 Å². The summed E-state index contributed by atoms with van der Waals surface area (Å²) in [6, 6.07) is 5.73. The molecule has 0 bridgehead atoms. The standard InChI is InChI=1S/C16H21Cl2N5S/c17-11-2-1-3-12(13(11)18)24-15-14(20)23-16(21,8-22-15)9-4-6-10(19)7-5-9/h1-3,8-10,23H,4-7,19-21H2. The molecule has 0 radical (unpaired) electrons. The van der Waals surface area contributed by atoms with Crippen LogP contribution in [0.2, 0.25) is 10.0 Å². The topological polar surface area (TPSA) is 102 Å². The quantitative estimate of drug-likeness (QED) is 0.640. The first kappa shape index (κ1) is 17.9. The Morgan fingerprint density at radius 1 is 1.21 bits per heavy atom. The van der Waals surface area contributed by atoms with Gasteiger partial charge in [0.15, 0.2) is 0 Å². The molecule has 24 heavy (non-hydrogen) atoms. The van der Waals surface area contributed by atoms with Crippen LogP contribution in [0.3, 0.4) is 0 Å². The van der Waals surface area contributed by atoms with Crippen LogP contribution in [0.15, 0.2) is 38.9 Å². The van der Waals surface area contributed by atoms with Gasteiger partial charge in [-0.05, 0) is 37.8 Å². The van der Waals surface area contributed by atoms with Crippen molar-refractivity contribution < 1.29 is 0 Å². The Morgan fingerprint density at radius 2 is 1.92 bits per heavy atom. The molecule has 0 aromatic heterocycles. The lowest BCUT2D eigenvalue weighted by Crippen LogP contribution is -2.63. The number of hydrogen-bond acceptors (Lipinski definition) is 6. The number of aliphatic imine (C=N–C) groups is 1. The molecular weight excluding hydrogens is 365 g/mol. The van der Waals surface area contributed by atoms with E-state index in [0.29, 0.717) is 20.9 Å². The zero-order valence-corrected chi connectivity index (χ0v) is 15.5. The maximum atomic E-state index is 6.51. The number of nitrogens with two attached hydrogens (primary N) is 3. The van der Waals surface area contributed by atoms with Gasteiger partial charge < -0.3 is 22.5 Å². The van der Waals surface area contributed by atoms with Gasteiger partial charge in [-0.2, -0.15) is 0 Å². The van der Waals surface area contributed by atoms with Crippen LogP contribution in [0.5, 0.6) is 0 Å². The highest BCUT2D eigenvalue weighted by Gasteiger charge is 2.38. The Morgan fingerprint density at radius 3 is 2.58 bits per heavy atom. The van der Waals surface area contributed by atoms with E-state index in [9.17, 15) is 0 Å². The Labute approximate surface area is 156 Å². The fourth-order valence-corrected chi connectivity index (χ4v) is 4.40. The van der Waals surface area contributed by atoms with Crippen molar-refractivity contribution in [1.29, 1.82) is 0 Å². The fourth-order valence-electron chi connectivity index (χ4n) is 3.11. The molecule has 1 aliphatic heterocycles. The van der Waals surface area contributed by atoms with Crippen molar-refractivity contribution >= 4 is 41.2 Å². The van der Waals surface area contributed by atoms with E-state index in [2.05, 4.69) is 10.3 Å². The molecule has 1 atom stereocenters. The zero-order valence-electron chi connectivity index (χ0n) is 13.1. The molecule has 2 aliphatic rings. The lowest BCUT2D eigenvalue weighted by Gasteiger charge is -2.41. The fraction of sp³-hybridized carbons (Fsp3) is 0.438. The molecule has 0 spiro atoms. The van der Waals surface area contributed by atoms with Crippen LogP contribution < -0.4 is 22.5 Å². The molecule has 3 rings (SSSR count). The van der Waals surface area contributed by atoms with Gasteiger partial charge in [0.1, 0.15) is 16.5 Å². The normalized spacial score (nSPS) is 30.3. The van der Waals surface area contributed by atoms with E-state index in [1.165, 1.54) is 11.8 Å². The summed E-state index contributed by atoms with van der Waals surface area (Å²) < 4.78 is 0. The number of nitrogens with zero attached hydrogens (tertiary/aromatic N) is 1. The van der Waals surface area contributed by atoms with E-state index < -0.39 is 5.66 Å². The second-order valence-electron chi connectivity index (χ2n) is 6.30. The average Bonchev–Trinajstić information content (AvgIpc) is 2.55. The van der Waals surface area contributed by atoms with Crippen molar-refractivity contribution in [1.82, 2.24) is 5.32 Å². The van der Waals surface area contributed by atoms with Gasteiger partial charge in [-0.25, -0.2) is 4.99 Å². The molecule has 1 aliphatic carbocycles. The first-order chi connectivity index (χ1) is 11.4. The predicted octanol–water partition coefficient (Wildman–Crippen LogP) is 3.02. The van der Waals surface area contributed by atoms with Gasteiger partial charge in [0.2, 0.25) is 0 Å². The minimum absolute atomic E-state index is 0.265. The third kappa shape index (κ3) is 3.68. The monoisotopic (exact) mass is 385 g/mol. The van der Waals surface area contributed by atoms with E-state index in [0.717, 1.165) is 30.6 Å². The summed E-state index contributed by atoms with van der Waals surface area (Å²) >= 11 is 13.6. The first-order valence-corrected chi connectivity index (χ1v) is 9.46. The van der Waals surface area contributed by atoms with Crippen molar-refractivity contribution in [3.8, 4) is 0 Å². The molecule has 0 amide bonds. The Balaban J connectivity index is 1.74. The van der Waals surface area contributed by atoms with E-state index in [1.807, 2.05) is 12.1 Å². The van der Waals surface area contributed by atoms with Gasteiger partial charge >= 0.3 is 0 Å². The molecule has 7 N–H and O–H groups in total. The Kier molecular flexibility index (Phi) is 5.32. The van der Waals surface area contributed by atoms with Crippen LogP contribution in [0, 0.1) is 5.92 Å². The average molecular weight is 386 g/mol. The summed E-state index contributed by atoms with van der Waals surface area (Å²) in [6.07, 6.45) is 5.63. The van der Waals surface area contributed by atoms with Crippen LogP contribution >= 0.6 is 35.0 Å². The Hall–Kier alpha value is -0.920. The first-order valence-electron chi connectivity index (χ1n) is 7.88. The van der Waals surface area contributed by atoms with Gasteiger partial charge in [-0.3, -0.25) is 0 Å². The summed E-state index contributed by atoms with van der Waals surface area (Å²) in [7, 11) is 0. The van der Waals surface area contributed by atoms with Gasteiger partial charge in [0.05, 0.1) is 10.0 Å². The third-order valence-corrected chi connectivity index (χ3v) is 6.56. The molecular formula is C16H21Cl2N5S. The molecule has 1 aromatic rings. The Bertz CT molecular complexity index is 685. The van der Waals surface area contributed by atoms with Crippen LogP contribution in [0.25, 0.3) is 0 Å². The molecule has 130 valence electrons. The molecule has 8 heteroatoms. The number of hydrogen-bond donors (Lipinski definition) is 4. The highest BCUT2D eigenvalue weighted by atomic mass is 35.5. The second-order valence-corrected chi connectivity index (χ2v) is 8.12. The van der Waals surface area contributed by atoms with E-state index in [1.54, 1.807) is 12.3 Å². The second kappa shape index (κ2) is 7.14. The van der Waals surface area contributed by atoms with Crippen LogP contribution in [-0.4, -0.2) is 17.9 Å². The number of nitrogens with one attached hydrogen (secondary N) is 1.